The Labute approximate surface area is 101 Å². The smallest absolute Gasteiger partial charge is 0.0589 e. The number of hydrogen-bond acceptors (Lipinski definition) is 3. The lowest BCUT2D eigenvalue weighted by Gasteiger charge is -2.24. The van der Waals surface area contributed by atoms with Crippen LogP contribution >= 0.6 is 0 Å². The van der Waals surface area contributed by atoms with E-state index in [1.807, 2.05) is 0 Å². The van der Waals surface area contributed by atoms with Gasteiger partial charge in [0.1, 0.15) is 0 Å². The molecule has 16 heavy (non-hydrogen) atoms. The van der Waals surface area contributed by atoms with E-state index >= 15 is 0 Å². The van der Waals surface area contributed by atoms with Gasteiger partial charge in [-0.25, -0.2) is 0 Å². The van der Waals surface area contributed by atoms with Gasteiger partial charge in [0, 0.05) is 26.2 Å². The SMILES string of the molecule is CCN(CCOC)CC(C)CCCC(C)N. The molecule has 98 valence electrons. The summed E-state index contributed by atoms with van der Waals surface area (Å²) in [5.41, 5.74) is 5.74. The van der Waals surface area contributed by atoms with Crippen molar-refractivity contribution < 1.29 is 4.74 Å². The second kappa shape index (κ2) is 10.1. The minimum Gasteiger partial charge on any atom is -0.383 e. The van der Waals surface area contributed by atoms with Crippen LogP contribution in [-0.4, -0.2) is 44.3 Å². The fourth-order valence-corrected chi connectivity index (χ4v) is 1.92. The summed E-state index contributed by atoms with van der Waals surface area (Å²) < 4.78 is 5.11. The van der Waals surface area contributed by atoms with E-state index in [1.165, 1.54) is 19.4 Å². The number of rotatable bonds is 10. The average Bonchev–Trinajstić information content (AvgIpc) is 2.23. The van der Waals surface area contributed by atoms with Gasteiger partial charge in [0.2, 0.25) is 0 Å². The Bertz CT molecular complexity index is 151. The van der Waals surface area contributed by atoms with Gasteiger partial charge in [-0.2, -0.15) is 0 Å². The van der Waals surface area contributed by atoms with Gasteiger partial charge in [-0.15, -0.1) is 0 Å². The summed E-state index contributed by atoms with van der Waals surface area (Å²) in [5, 5.41) is 0. The van der Waals surface area contributed by atoms with Crippen LogP contribution in [0.1, 0.15) is 40.0 Å². The summed E-state index contributed by atoms with van der Waals surface area (Å²) >= 11 is 0. The minimum atomic E-state index is 0.350. The highest BCUT2D eigenvalue weighted by atomic mass is 16.5. The molecule has 0 bridgehead atoms. The molecular weight excluding hydrogens is 200 g/mol. The second-order valence-corrected chi connectivity index (χ2v) is 4.90. The van der Waals surface area contributed by atoms with Gasteiger partial charge in [0.25, 0.3) is 0 Å². The largest absolute Gasteiger partial charge is 0.383 e. The fourth-order valence-electron chi connectivity index (χ4n) is 1.92. The van der Waals surface area contributed by atoms with E-state index in [1.54, 1.807) is 7.11 Å². The molecule has 0 radical (unpaired) electrons. The van der Waals surface area contributed by atoms with Crippen molar-refractivity contribution in [1.82, 2.24) is 4.90 Å². The first-order chi connectivity index (χ1) is 7.60. The number of methoxy groups -OCH3 is 1. The van der Waals surface area contributed by atoms with E-state index in [-0.39, 0.29) is 0 Å². The maximum absolute atomic E-state index is 5.74. The number of ether oxygens (including phenoxy) is 1. The van der Waals surface area contributed by atoms with E-state index in [0.29, 0.717) is 6.04 Å². The van der Waals surface area contributed by atoms with Crippen molar-refractivity contribution in [3.63, 3.8) is 0 Å². The number of likely N-dealkylation sites (N-methyl/N-ethyl adjacent to an activating group) is 1. The first kappa shape index (κ1) is 15.9. The van der Waals surface area contributed by atoms with Crippen LogP contribution in [0.15, 0.2) is 0 Å². The zero-order valence-corrected chi connectivity index (χ0v) is 11.5. The van der Waals surface area contributed by atoms with Crippen LogP contribution in [0.25, 0.3) is 0 Å². The van der Waals surface area contributed by atoms with E-state index in [4.69, 9.17) is 10.5 Å². The van der Waals surface area contributed by atoms with E-state index in [9.17, 15) is 0 Å². The molecule has 2 atom stereocenters. The molecular formula is C13H30N2O. The molecule has 0 aliphatic rings. The molecule has 0 aromatic carbocycles. The van der Waals surface area contributed by atoms with E-state index in [2.05, 4.69) is 25.7 Å². The van der Waals surface area contributed by atoms with Gasteiger partial charge < -0.3 is 15.4 Å². The Morgan fingerprint density at radius 2 is 1.94 bits per heavy atom. The molecule has 0 aliphatic carbocycles. The van der Waals surface area contributed by atoms with Crippen LogP contribution in [0.4, 0.5) is 0 Å². The summed E-state index contributed by atoms with van der Waals surface area (Å²) in [5.74, 6) is 0.760. The molecule has 0 rings (SSSR count). The topological polar surface area (TPSA) is 38.5 Å². The standard InChI is InChI=1S/C13H30N2O/c1-5-15(9-10-16-4)11-12(2)7-6-8-13(3)14/h12-13H,5-11,14H2,1-4H3. The second-order valence-electron chi connectivity index (χ2n) is 4.90. The van der Waals surface area contributed by atoms with Gasteiger partial charge in [-0.1, -0.05) is 20.3 Å². The van der Waals surface area contributed by atoms with Crippen LogP contribution in [0.2, 0.25) is 0 Å². The number of nitrogens with two attached hydrogens (primary N) is 1. The monoisotopic (exact) mass is 230 g/mol. The van der Waals surface area contributed by atoms with Gasteiger partial charge in [-0.05, 0) is 32.2 Å². The Balaban J connectivity index is 3.60. The Hall–Kier alpha value is -0.120. The lowest BCUT2D eigenvalue weighted by atomic mass is 10.0. The van der Waals surface area contributed by atoms with E-state index < -0.39 is 0 Å². The Morgan fingerprint density at radius 1 is 1.25 bits per heavy atom. The van der Waals surface area contributed by atoms with Gasteiger partial charge in [0.15, 0.2) is 0 Å². The van der Waals surface area contributed by atoms with Crippen LogP contribution in [0.3, 0.4) is 0 Å². The van der Waals surface area contributed by atoms with Crippen LogP contribution in [0.5, 0.6) is 0 Å². The van der Waals surface area contributed by atoms with Crippen molar-refractivity contribution in [2.45, 2.75) is 46.1 Å². The lowest BCUT2D eigenvalue weighted by molar-refractivity contribution is 0.140. The maximum atomic E-state index is 5.74. The summed E-state index contributed by atoms with van der Waals surface area (Å²) in [4.78, 5) is 2.46. The van der Waals surface area contributed by atoms with E-state index in [0.717, 1.165) is 32.0 Å². The van der Waals surface area contributed by atoms with Crippen molar-refractivity contribution in [3.05, 3.63) is 0 Å². The first-order valence-electron chi connectivity index (χ1n) is 6.57. The maximum Gasteiger partial charge on any atom is 0.0589 e. The minimum absolute atomic E-state index is 0.350. The highest BCUT2D eigenvalue weighted by molar-refractivity contribution is 4.63. The molecule has 2 unspecified atom stereocenters. The molecule has 0 aliphatic heterocycles. The summed E-state index contributed by atoms with van der Waals surface area (Å²) in [7, 11) is 1.76. The third kappa shape index (κ3) is 9.13. The Kier molecular flexibility index (Phi) is 9.99. The van der Waals surface area contributed by atoms with Crippen molar-refractivity contribution in [2.75, 3.05) is 33.4 Å². The molecule has 0 aromatic rings. The lowest BCUT2D eigenvalue weighted by Crippen LogP contribution is -2.31. The van der Waals surface area contributed by atoms with Crippen molar-refractivity contribution >= 4 is 0 Å². The highest BCUT2D eigenvalue weighted by Crippen LogP contribution is 2.10. The van der Waals surface area contributed by atoms with Crippen molar-refractivity contribution in [1.29, 1.82) is 0 Å². The first-order valence-corrected chi connectivity index (χ1v) is 6.57. The number of hydrogen-bond donors (Lipinski definition) is 1. The quantitative estimate of drug-likeness (QED) is 0.625. The molecule has 0 saturated heterocycles. The van der Waals surface area contributed by atoms with Crippen molar-refractivity contribution in [2.24, 2.45) is 11.7 Å². The van der Waals surface area contributed by atoms with Gasteiger partial charge in [0.05, 0.1) is 6.61 Å². The molecule has 0 spiro atoms. The predicted octanol–water partition coefficient (Wildman–Crippen LogP) is 2.11. The van der Waals surface area contributed by atoms with Crippen LogP contribution < -0.4 is 5.73 Å². The Morgan fingerprint density at radius 3 is 2.44 bits per heavy atom. The zero-order chi connectivity index (χ0) is 12.4. The third-order valence-corrected chi connectivity index (χ3v) is 2.99. The molecule has 0 saturated carbocycles. The molecule has 0 heterocycles. The third-order valence-electron chi connectivity index (χ3n) is 2.99. The normalized spacial score (nSPS) is 15.4. The molecule has 2 N–H and O–H groups in total. The summed E-state index contributed by atoms with van der Waals surface area (Å²) in [6.07, 6.45) is 3.68. The van der Waals surface area contributed by atoms with Crippen LogP contribution in [-0.2, 0) is 4.74 Å². The summed E-state index contributed by atoms with van der Waals surface area (Å²) in [6.45, 7) is 10.8. The fraction of sp³-hybridized carbons (Fsp3) is 1.00. The molecule has 0 aromatic heterocycles. The van der Waals surface area contributed by atoms with Gasteiger partial charge in [-0.3, -0.25) is 0 Å². The predicted molar refractivity (Wildman–Crippen MR) is 70.7 cm³/mol. The molecule has 3 nitrogen and oxygen atoms in total. The zero-order valence-electron chi connectivity index (χ0n) is 11.5. The van der Waals surface area contributed by atoms with Crippen LogP contribution in [0, 0.1) is 5.92 Å². The average molecular weight is 230 g/mol. The van der Waals surface area contributed by atoms with Gasteiger partial charge >= 0.3 is 0 Å². The highest BCUT2D eigenvalue weighted by Gasteiger charge is 2.08. The summed E-state index contributed by atoms with van der Waals surface area (Å²) in [6, 6.07) is 0.350. The molecule has 0 amide bonds. The van der Waals surface area contributed by atoms with Crippen molar-refractivity contribution in [3.8, 4) is 0 Å². The molecule has 0 fully saturated rings. The molecule has 3 heteroatoms. The number of nitrogens with zero attached hydrogens (tertiary/aromatic N) is 1.